The Bertz CT molecular complexity index is 2790. The Hall–Kier alpha value is -6.24. The van der Waals surface area contributed by atoms with Crippen LogP contribution in [0.1, 0.15) is 73.6 Å². The monoisotopic (exact) mass is 874 g/mol. The molecule has 0 atom stereocenters. The number of nitriles is 1. The molecule has 0 radical (unpaired) electrons. The van der Waals surface area contributed by atoms with E-state index in [-0.39, 0.29) is 34.3 Å². The summed E-state index contributed by atoms with van der Waals surface area (Å²) in [7, 11) is -1.85. The summed E-state index contributed by atoms with van der Waals surface area (Å²) in [5.41, 5.74) is 3.11. The second-order valence-electron chi connectivity index (χ2n) is 15.9. The summed E-state index contributed by atoms with van der Waals surface area (Å²) in [6, 6.07) is 21.2. The van der Waals surface area contributed by atoms with Crippen molar-refractivity contribution in [2.24, 2.45) is 13.0 Å². The number of benzene rings is 2. The van der Waals surface area contributed by atoms with Crippen LogP contribution in [0.3, 0.4) is 0 Å². The molecular weight excluding hydrogens is 828 g/mol. The smallest absolute Gasteiger partial charge is 0.274 e. The van der Waals surface area contributed by atoms with E-state index in [4.69, 9.17) is 31.3 Å². The maximum atomic E-state index is 13.0. The maximum Gasteiger partial charge on any atom is 0.274 e. The first-order valence-corrected chi connectivity index (χ1v) is 22.9. The molecule has 62 heavy (non-hydrogen) atoms. The first-order chi connectivity index (χ1) is 30.0. The van der Waals surface area contributed by atoms with Gasteiger partial charge in [0.1, 0.15) is 28.8 Å². The highest BCUT2D eigenvalue weighted by Crippen LogP contribution is 2.38. The number of sulfone groups is 1. The fourth-order valence-electron chi connectivity index (χ4n) is 8.25. The number of aryl methyl sites for hydroxylation is 2. The lowest BCUT2D eigenvalue weighted by molar-refractivity contribution is 0.0888. The molecule has 2 aromatic carbocycles. The van der Waals surface area contributed by atoms with Gasteiger partial charge in [-0.25, -0.2) is 8.42 Å². The van der Waals surface area contributed by atoms with E-state index < -0.39 is 9.84 Å². The SMILES string of the molecule is CCS(=O)(=O)c1ccc(Oc2ccc(CCC3CCN(c4ccc(C(=O)N[C@H]5CC[C@H](Oc6ccc(C#N)c(Cl)c6)CC5)nn4)CC3)nc2)c(-c2cn(C)c(=O)c3[nH]ccc23)c1. The molecule has 4 aromatic heterocycles. The maximum absolute atomic E-state index is 13.0. The molecule has 1 amide bonds. The Morgan fingerprint density at radius 2 is 1.76 bits per heavy atom. The molecule has 320 valence electrons. The minimum atomic E-state index is -3.51. The third-order valence-electron chi connectivity index (χ3n) is 11.9. The highest BCUT2D eigenvalue weighted by atomic mass is 35.5. The van der Waals surface area contributed by atoms with Gasteiger partial charge < -0.3 is 29.2 Å². The fourth-order valence-corrected chi connectivity index (χ4v) is 9.37. The number of fused-ring (bicyclic) bond motifs is 1. The first-order valence-electron chi connectivity index (χ1n) is 20.9. The molecule has 2 N–H and O–H groups in total. The van der Waals surface area contributed by atoms with Crippen molar-refractivity contribution in [2.45, 2.75) is 75.3 Å². The van der Waals surface area contributed by atoms with Crippen LogP contribution in [-0.2, 0) is 23.3 Å². The van der Waals surface area contributed by atoms with Crippen molar-refractivity contribution in [1.82, 2.24) is 30.0 Å². The predicted molar refractivity (Wildman–Crippen MR) is 237 cm³/mol. The number of carbonyl (C=O) groups is 1. The molecule has 2 aliphatic rings. The summed E-state index contributed by atoms with van der Waals surface area (Å²) in [5.74, 6) is 2.60. The van der Waals surface area contributed by atoms with Gasteiger partial charge in [-0.3, -0.25) is 14.6 Å². The lowest BCUT2D eigenvalue weighted by atomic mass is 9.91. The standard InChI is InChI=1S/C46H47ClN8O6S/c1-3-62(58,59)36-14-16-42(38(25-36)39-28-54(2)46(57)44-37(39)18-21-49-44)61-35-13-7-31(50-27-35)6-4-29-19-22-55(23-20-29)43-17-15-41(52-53-43)45(56)51-32-8-11-33(12-9-32)60-34-10-5-30(26-48)40(47)24-34/h5,7,10,13-18,21,24-25,27-29,32-33,49H,3-4,6,8-9,11-12,19-20,22-23H2,1-2H3,(H,51,56)/t32-,33-. The molecule has 16 heteroatoms. The normalized spacial score (nSPS) is 17.1. The second kappa shape index (κ2) is 18.4. The number of aromatic nitrogens is 5. The average Bonchev–Trinajstić information content (AvgIpc) is 3.79. The number of pyridine rings is 2. The van der Waals surface area contributed by atoms with Gasteiger partial charge in [-0.15, -0.1) is 10.2 Å². The number of carbonyl (C=O) groups excluding carboxylic acids is 1. The van der Waals surface area contributed by atoms with E-state index in [1.165, 1.54) is 4.57 Å². The van der Waals surface area contributed by atoms with Crippen LogP contribution in [0.4, 0.5) is 5.82 Å². The molecule has 6 aromatic rings. The van der Waals surface area contributed by atoms with Crippen molar-refractivity contribution in [3.63, 3.8) is 0 Å². The van der Waals surface area contributed by atoms with E-state index in [9.17, 15) is 18.0 Å². The van der Waals surface area contributed by atoms with Gasteiger partial charge in [-0.2, -0.15) is 5.26 Å². The topological polar surface area (TPSA) is 185 Å². The number of anilines is 1. The first kappa shape index (κ1) is 42.5. The lowest BCUT2D eigenvalue weighted by Gasteiger charge is -2.32. The number of amides is 1. The van der Waals surface area contributed by atoms with Gasteiger partial charge in [0, 0.05) is 66.8 Å². The van der Waals surface area contributed by atoms with Crippen LogP contribution in [0.25, 0.3) is 22.0 Å². The molecule has 1 saturated heterocycles. The van der Waals surface area contributed by atoms with Gasteiger partial charge in [-0.1, -0.05) is 18.5 Å². The Balaban J connectivity index is 0.809. The molecule has 0 spiro atoms. The van der Waals surface area contributed by atoms with Gasteiger partial charge in [0.25, 0.3) is 11.5 Å². The Morgan fingerprint density at radius 3 is 2.45 bits per heavy atom. The molecule has 0 unspecified atom stereocenters. The van der Waals surface area contributed by atoms with Crippen molar-refractivity contribution < 1.29 is 22.7 Å². The highest BCUT2D eigenvalue weighted by molar-refractivity contribution is 7.91. The zero-order valence-electron chi connectivity index (χ0n) is 34.5. The third-order valence-corrected chi connectivity index (χ3v) is 13.9. The van der Waals surface area contributed by atoms with Gasteiger partial charge in [0.05, 0.1) is 33.5 Å². The van der Waals surface area contributed by atoms with Gasteiger partial charge in [0.2, 0.25) is 0 Å². The van der Waals surface area contributed by atoms with E-state index >= 15 is 0 Å². The summed E-state index contributed by atoms with van der Waals surface area (Å²) in [5, 5.41) is 21.9. The zero-order chi connectivity index (χ0) is 43.4. The zero-order valence-corrected chi connectivity index (χ0v) is 36.1. The van der Waals surface area contributed by atoms with Crippen LogP contribution >= 0.6 is 11.6 Å². The number of hydrogen-bond donors (Lipinski definition) is 2. The number of H-pyrrole nitrogens is 1. The number of piperidine rings is 1. The van der Waals surface area contributed by atoms with Crippen molar-refractivity contribution in [3.05, 3.63) is 118 Å². The average molecular weight is 875 g/mol. The molecule has 0 bridgehead atoms. The number of aromatic amines is 1. The van der Waals surface area contributed by atoms with Crippen molar-refractivity contribution in [3.8, 4) is 34.4 Å². The van der Waals surface area contributed by atoms with Gasteiger partial charge >= 0.3 is 0 Å². The van der Waals surface area contributed by atoms with Crippen LogP contribution in [0.2, 0.25) is 5.02 Å². The largest absolute Gasteiger partial charge is 0.490 e. The number of nitrogens with zero attached hydrogens (tertiary/aromatic N) is 6. The third kappa shape index (κ3) is 9.46. The fraction of sp³-hybridized carbons (Fsp3) is 0.348. The molecule has 8 rings (SSSR count). The molecule has 5 heterocycles. The second-order valence-corrected chi connectivity index (χ2v) is 18.6. The highest BCUT2D eigenvalue weighted by Gasteiger charge is 2.26. The number of nitrogens with one attached hydrogen (secondary N) is 2. The summed E-state index contributed by atoms with van der Waals surface area (Å²) >= 11 is 6.15. The molecule has 1 aliphatic heterocycles. The van der Waals surface area contributed by atoms with Crippen LogP contribution < -0.4 is 25.2 Å². The molecular formula is C46H47ClN8O6S. The van der Waals surface area contributed by atoms with Gasteiger partial charge in [0.15, 0.2) is 21.3 Å². The minimum Gasteiger partial charge on any atom is -0.490 e. The Labute approximate surface area is 364 Å². The van der Waals surface area contributed by atoms with Crippen molar-refractivity contribution in [2.75, 3.05) is 23.7 Å². The summed E-state index contributed by atoms with van der Waals surface area (Å²) in [6.07, 6.45) is 12.0. The van der Waals surface area contributed by atoms with Crippen molar-refractivity contribution >= 4 is 44.1 Å². The summed E-state index contributed by atoms with van der Waals surface area (Å²) in [6.45, 7) is 3.29. The van der Waals surface area contributed by atoms with Crippen molar-refractivity contribution in [1.29, 1.82) is 5.26 Å². The molecule has 14 nitrogen and oxygen atoms in total. The number of halogens is 1. The molecule has 1 aliphatic carbocycles. The van der Waals surface area contributed by atoms with Crippen LogP contribution in [0.15, 0.2) is 95.0 Å². The quantitative estimate of drug-likeness (QED) is 0.115. The number of rotatable bonds is 13. The van der Waals surface area contributed by atoms with E-state index in [0.29, 0.717) is 61.5 Å². The summed E-state index contributed by atoms with van der Waals surface area (Å²) in [4.78, 5) is 35.9. The molecule has 2 fully saturated rings. The molecule has 1 saturated carbocycles. The minimum absolute atomic E-state index is 0.0146. The lowest BCUT2D eigenvalue weighted by Crippen LogP contribution is -2.40. The summed E-state index contributed by atoms with van der Waals surface area (Å²) < 4.78 is 39.7. The van der Waals surface area contributed by atoms with Crippen LogP contribution in [0.5, 0.6) is 17.2 Å². The van der Waals surface area contributed by atoms with Crippen LogP contribution in [0, 0.1) is 17.2 Å². The van der Waals surface area contributed by atoms with Gasteiger partial charge in [-0.05, 0) is 118 Å². The van der Waals surface area contributed by atoms with E-state index in [1.54, 1.807) is 81.1 Å². The van der Waals surface area contributed by atoms with E-state index in [1.807, 2.05) is 18.2 Å². The Morgan fingerprint density at radius 1 is 0.968 bits per heavy atom. The van der Waals surface area contributed by atoms with E-state index in [0.717, 1.165) is 76.0 Å². The number of ether oxygens (including phenoxy) is 2. The predicted octanol–water partition coefficient (Wildman–Crippen LogP) is 7.80. The Kier molecular flexibility index (Phi) is 12.6. The van der Waals surface area contributed by atoms with E-state index in [2.05, 4.69) is 31.5 Å². The number of hydrogen-bond acceptors (Lipinski definition) is 11. The van der Waals surface area contributed by atoms with Crippen LogP contribution in [-0.4, -0.2) is 70.0 Å².